The van der Waals surface area contributed by atoms with Gasteiger partial charge in [-0.3, -0.25) is 0 Å². The Balaban J connectivity index is 2.76. The molecular formula is C6H6Br3Cl3. The van der Waals surface area contributed by atoms with E-state index in [1.165, 1.54) is 0 Å². The zero-order valence-electron chi connectivity index (χ0n) is 5.73. The second-order valence-electron chi connectivity index (χ2n) is 2.67. The average molecular weight is 424 g/mol. The third-order valence-corrected chi connectivity index (χ3v) is 8.70. The molecule has 1 rings (SSSR count). The molecule has 1 aliphatic carbocycles. The maximum atomic E-state index is 6.09. The van der Waals surface area contributed by atoms with Gasteiger partial charge in [-0.05, 0) is 0 Å². The second-order valence-corrected chi connectivity index (χ2v) is 7.35. The van der Waals surface area contributed by atoms with E-state index < -0.39 is 0 Å². The predicted molar refractivity (Wildman–Crippen MR) is 67.1 cm³/mol. The fraction of sp³-hybridized carbons (Fsp3) is 1.00. The smallest absolute Gasteiger partial charge is 0.0615 e. The van der Waals surface area contributed by atoms with Gasteiger partial charge in [0.25, 0.3) is 0 Å². The Kier molecular flexibility index (Phi) is 5.04. The first-order valence-electron chi connectivity index (χ1n) is 3.31. The number of halogens is 6. The van der Waals surface area contributed by atoms with Gasteiger partial charge in [-0.2, -0.15) is 0 Å². The molecule has 0 unspecified atom stereocenters. The minimum Gasteiger partial charge on any atom is -0.120 e. The van der Waals surface area contributed by atoms with E-state index >= 15 is 0 Å². The van der Waals surface area contributed by atoms with Crippen molar-refractivity contribution >= 4 is 82.6 Å². The van der Waals surface area contributed by atoms with E-state index in [0.717, 1.165) is 0 Å². The highest BCUT2D eigenvalue weighted by Gasteiger charge is 2.45. The van der Waals surface area contributed by atoms with Crippen molar-refractivity contribution in [1.82, 2.24) is 0 Å². The van der Waals surface area contributed by atoms with Crippen LogP contribution in [0.25, 0.3) is 0 Å². The van der Waals surface area contributed by atoms with Crippen LogP contribution in [0.1, 0.15) is 0 Å². The molecule has 0 saturated heterocycles. The summed E-state index contributed by atoms with van der Waals surface area (Å²) in [4.78, 5) is 0.221. The monoisotopic (exact) mass is 420 g/mol. The molecule has 0 aromatic carbocycles. The molecule has 12 heavy (non-hydrogen) atoms. The van der Waals surface area contributed by atoms with Crippen LogP contribution in [0.3, 0.4) is 0 Å². The van der Waals surface area contributed by atoms with Crippen molar-refractivity contribution in [2.75, 3.05) is 0 Å². The molecule has 0 aromatic rings. The van der Waals surface area contributed by atoms with Gasteiger partial charge in [-0.15, -0.1) is 34.8 Å². The lowest BCUT2D eigenvalue weighted by molar-refractivity contribution is 0.577. The first-order chi connectivity index (χ1) is 5.46. The molecule has 0 spiro atoms. The average Bonchev–Trinajstić information content (AvgIpc) is 2.08. The Morgan fingerprint density at radius 1 is 0.583 bits per heavy atom. The zero-order chi connectivity index (χ0) is 9.46. The van der Waals surface area contributed by atoms with Crippen molar-refractivity contribution in [2.45, 2.75) is 30.6 Å². The fourth-order valence-corrected chi connectivity index (χ4v) is 5.42. The molecule has 1 saturated carbocycles. The lowest BCUT2D eigenvalue weighted by atomic mass is 9.99. The molecule has 0 N–H and O–H groups in total. The van der Waals surface area contributed by atoms with Crippen LogP contribution >= 0.6 is 82.6 Å². The van der Waals surface area contributed by atoms with Gasteiger partial charge in [-0.25, -0.2) is 0 Å². The van der Waals surface area contributed by atoms with Crippen LogP contribution in [0.2, 0.25) is 0 Å². The van der Waals surface area contributed by atoms with Crippen molar-refractivity contribution in [3.63, 3.8) is 0 Å². The summed E-state index contributed by atoms with van der Waals surface area (Å²) in [5.41, 5.74) is 0. The van der Waals surface area contributed by atoms with E-state index in [-0.39, 0.29) is 30.6 Å². The van der Waals surface area contributed by atoms with Crippen LogP contribution in [0.15, 0.2) is 0 Å². The van der Waals surface area contributed by atoms with Crippen molar-refractivity contribution < 1.29 is 0 Å². The Labute approximate surface area is 112 Å². The van der Waals surface area contributed by atoms with Crippen LogP contribution in [0, 0.1) is 0 Å². The highest BCUT2D eigenvalue weighted by Crippen LogP contribution is 2.41. The lowest BCUT2D eigenvalue weighted by Gasteiger charge is -2.38. The van der Waals surface area contributed by atoms with Gasteiger partial charge in [0.15, 0.2) is 0 Å². The summed E-state index contributed by atoms with van der Waals surface area (Å²) in [6, 6.07) is 0. The normalized spacial score (nSPS) is 55.5. The molecule has 0 heterocycles. The number of alkyl halides is 6. The highest BCUT2D eigenvalue weighted by atomic mass is 79.9. The first kappa shape index (κ1) is 12.4. The van der Waals surface area contributed by atoms with Crippen molar-refractivity contribution in [1.29, 1.82) is 0 Å². The number of hydrogen-bond acceptors (Lipinski definition) is 0. The Hall–Kier alpha value is 2.31. The molecule has 1 aliphatic rings. The summed E-state index contributed by atoms with van der Waals surface area (Å²) in [7, 11) is 0. The molecule has 0 amide bonds. The van der Waals surface area contributed by atoms with E-state index in [1.54, 1.807) is 0 Å². The second kappa shape index (κ2) is 4.89. The Morgan fingerprint density at radius 2 is 0.750 bits per heavy atom. The Bertz CT molecular complexity index is 110. The van der Waals surface area contributed by atoms with Crippen LogP contribution in [-0.4, -0.2) is 30.6 Å². The van der Waals surface area contributed by atoms with Gasteiger partial charge in [0, 0.05) is 14.5 Å². The summed E-state index contributed by atoms with van der Waals surface area (Å²) >= 11 is 28.6. The van der Waals surface area contributed by atoms with Crippen LogP contribution in [0.4, 0.5) is 0 Å². The maximum absolute atomic E-state index is 6.09. The van der Waals surface area contributed by atoms with Gasteiger partial charge in [0.2, 0.25) is 0 Å². The van der Waals surface area contributed by atoms with E-state index in [0.29, 0.717) is 0 Å². The van der Waals surface area contributed by atoms with E-state index in [4.69, 9.17) is 34.8 Å². The Morgan fingerprint density at radius 3 is 0.917 bits per heavy atom. The molecule has 0 bridgehead atoms. The summed E-state index contributed by atoms with van der Waals surface area (Å²) in [5.74, 6) is 0. The molecule has 0 nitrogen and oxygen atoms in total. The number of rotatable bonds is 0. The van der Waals surface area contributed by atoms with Gasteiger partial charge >= 0.3 is 0 Å². The molecule has 0 aromatic heterocycles. The summed E-state index contributed by atoms with van der Waals surface area (Å²) in [6.45, 7) is 0. The molecule has 0 radical (unpaired) electrons. The standard InChI is InChI=1S/C6H6Br3Cl3/c7-1-4(10)2(8)6(12)3(9)5(1)11/h1-6H. The first-order valence-corrected chi connectivity index (χ1v) is 7.37. The minimum atomic E-state index is -0.0798. The SMILES string of the molecule is ClC1C(Br)C(Cl)C(Br)C(Cl)C1Br. The molecule has 0 aliphatic heterocycles. The topological polar surface area (TPSA) is 0 Å². The van der Waals surface area contributed by atoms with Crippen molar-refractivity contribution in [2.24, 2.45) is 0 Å². The third kappa shape index (κ3) is 2.27. The van der Waals surface area contributed by atoms with Gasteiger partial charge in [0.05, 0.1) is 16.1 Å². The predicted octanol–water partition coefficient (Wildman–Crippen LogP) is 4.11. The van der Waals surface area contributed by atoms with Gasteiger partial charge in [-0.1, -0.05) is 47.8 Å². The lowest BCUT2D eigenvalue weighted by Crippen LogP contribution is -2.51. The van der Waals surface area contributed by atoms with Gasteiger partial charge < -0.3 is 0 Å². The zero-order valence-corrected chi connectivity index (χ0v) is 12.8. The van der Waals surface area contributed by atoms with Crippen LogP contribution in [0.5, 0.6) is 0 Å². The summed E-state index contributed by atoms with van der Waals surface area (Å²) < 4.78 is 0. The largest absolute Gasteiger partial charge is 0.120 e. The van der Waals surface area contributed by atoms with E-state index in [2.05, 4.69) is 47.8 Å². The molecule has 1 fully saturated rings. The van der Waals surface area contributed by atoms with E-state index in [9.17, 15) is 0 Å². The summed E-state index contributed by atoms with van der Waals surface area (Å²) in [5, 5.41) is -0.239. The maximum Gasteiger partial charge on any atom is 0.0615 e. The molecule has 6 heteroatoms. The minimum absolute atomic E-state index is 0.0737. The van der Waals surface area contributed by atoms with E-state index in [1.807, 2.05) is 0 Å². The van der Waals surface area contributed by atoms with Crippen LogP contribution in [-0.2, 0) is 0 Å². The molecular weight excluding hydrogens is 418 g/mol. The highest BCUT2D eigenvalue weighted by molar-refractivity contribution is 9.11. The number of hydrogen-bond donors (Lipinski definition) is 0. The third-order valence-electron chi connectivity index (χ3n) is 1.83. The van der Waals surface area contributed by atoms with Crippen LogP contribution < -0.4 is 0 Å². The van der Waals surface area contributed by atoms with Crippen molar-refractivity contribution in [3.05, 3.63) is 0 Å². The molecule has 0 atom stereocenters. The van der Waals surface area contributed by atoms with Gasteiger partial charge in [0.1, 0.15) is 0 Å². The summed E-state index contributed by atoms with van der Waals surface area (Å²) in [6.07, 6.45) is 0. The fourth-order valence-electron chi connectivity index (χ4n) is 1.05. The quantitative estimate of drug-likeness (QED) is 0.514. The van der Waals surface area contributed by atoms with Crippen molar-refractivity contribution in [3.8, 4) is 0 Å². The molecule has 72 valence electrons.